The molecule has 1 saturated heterocycles. The second-order valence-electron chi connectivity index (χ2n) is 7.56. The van der Waals surface area contributed by atoms with Gasteiger partial charge >= 0.3 is 6.03 Å². The van der Waals surface area contributed by atoms with Gasteiger partial charge in [0.1, 0.15) is 12.1 Å². The Hall–Kier alpha value is -2.42. The van der Waals surface area contributed by atoms with E-state index in [-0.39, 0.29) is 30.8 Å². The summed E-state index contributed by atoms with van der Waals surface area (Å²) in [6, 6.07) is 4.90. The lowest BCUT2D eigenvalue weighted by Gasteiger charge is -2.22. The minimum absolute atomic E-state index is 0.127. The van der Waals surface area contributed by atoms with Gasteiger partial charge in [0.05, 0.1) is 6.54 Å². The van der Waals surface area contributed by atoms with Gasteiger partial charge < -0.3 is 15.5 Å². The molecule has 0 radical (unpaired) electrons. The fraction of sp³-hybridized carbons (Fsp3) is 0.474. The van der Waals surface area contributed by atoms with E-state index in [1.165, 1.54) is 11.9 Å². The van der Waals surface area contributed by atoms with Gasteiger partial charge in [-0.1, -0.05) is 15.9 Å². The Morgan fingerprint density at radius 3 is 2.64 bits per heavy atom. The zero-order valence-corrected chi connectivity index (χ0v) is 17.6. The molecule has 2 fully saturated rings. The molecule has 0 spiro atoms. The molecule has 1 aliphatic heterocycles. The molecule has 0 aromatic heterocycles. The molecule has 1 aromatic rings. The maximum absolute atomic E-state index is 12.6. The van der Waals surface area contributed by atoms with Gasteiger partial charge in [0.15, 0.2) is 0 Å². The number of carbonyl (C=O) groups is 4. The second-order valence-corrected chi connectivity index (χ2v) is 8.47. The largest absolute Gasteiger partial charge is 0.335 e. The molecule has 5 amide bonds. The van der Waals surface area contributed by atoms with Crippen molar-refractivity contribution >= 4 is 45.4 Å². The number of imide groups is 1. The molecule has 1 aliphatic carbocycles. The predicted molar refractivity (Wildman–Crippen MR) is 107 cm³/mol. The highest BCUT2D eigenvalue weighted by molar-refractivity contribution is 9.10. The second kappa shape index (κ2) is 7.54. The summed E-state index contributed by atoms with van der Waals surface area (Å²) in [4.78, 5) is 51.6. The third kappa shape index (κ3) is 4.04. The van der Waals surface area contributed by atoms with E-state index in [2.05, 4.69) is 26.6 Å². The summed E-state index contributed by atoms with van der Waals surface area (Å²) in [6.07, 6.45) is 1.78. The normalized spacial score (nSPS) is 21.5. The molecule has 9 heteroatoms. The van der Waals surface area contributed by atoms with Crippen LogP contribution in [0.25, 0.3) is 0 Å². The van der Waals surface area contributed by atoms with Crippen molar-refractivity contribution in [3.63, 3.8) is 0 Å². The van der Waals surface area contributed by atoms with Crippen LogP contribution in [0.2, 0.25) is 0 Å². The number of aryl methyl sites for hydroxylation is 1. The summed E-state index contributed by atoms with van der Waals surface area (Å²) in [5.74, 6) is -1.09. The number of hydrogen-bond donors (Lipinski definition) is 2. The summed E-state index contributed by atoms with van der Waals surface area (Å²) < 4.78 is 0.905. The maximum atomic E-state index is 12.6. The first-order valence-corrected chi connectivity index (χ1v) is 9.85. The lowest BCUT2D eigenvalue weighted by molar-refractivity contribution is -0.139. The summed E-state index contributed by atoms with van der Waals surface area (Å²) in [5.41, 5.74) is 0.616. The molecule has 28 heavy (non-hydrogen) atoms. The first-order chi connectivity index (χ1) is 13.1. The molecule has 2 aliphatic rings. The quantitative estimate of drug-likeness (QED) is 0.646. The first-order valence-electron chi connectivity index (χ1n) is 9.06. The highest BCUT2D eigenvalue weighted by atomic mass is 79.9. The summed E-state index contributed by atoms with van der Waals surface area (Å²) in [7, 11) is 1.47. The predicted octanol–water partition coefficient (Wildman–Crippen LogP) is 1.87. The van der Waals surface area contributed by atoms with Crippen LogP contribution in [0.15, 0.2) is 22.7 Å². The van der Waals surface area contributed by atoms with E-state index >= 15 is 0 Å². The minimum Gasteiger partial charge on any atom is -0.335 e. The zero-order chi connectivity index (χ0) is 20.6. The van der Waals surface area contributed by atoms with Crippen molar-refractivity contribution < 1.29 is 19.2 Å². The minimum atomic E-state index is -0.924. The molecule has 1 saturated carbocycles. The Morgan fingerprint density at radius 1 is 1.36 bits per heavy atom. The Balaban J connectivity index is 1.56. The van der Waals surface area contributed by atoms with Crippen LogP contribution in [0.4, 0.5) is 10.5 Å². The van der Waals surface area contributed by atoms with Crippen molar-refractivity contribution in [2.45, 2.75) is 32.2 Å². The van der Waals surface area contributed by atoms with Crippen LogP contribution in [0.5, 0.6) is 0 Å². The van der Waals surface area contributed by atoms with Crippen LogP contribution in [0.3, 0.4) is 0 Å². The number of anilines is 1. The van der Waals surface area contributed by atoms with Crippen LogP contribution >= 0.6 is 15.9 Å². The van der Waals surface area contributed by atoms with E-state index in [0.29, 0.717) is 5.69 Å². The molecule has 0 bridgehead atoms. The average molecular weight is 451 g/mol. The van der Waals surface area contributed by atoms with Gasteiger partial charge in [-0.15, -0.1) is 0 Å². The number of halogens is 1. The summed E-state index contributed by atoms with van der Waals surface area (Å²) in [6.45, 7) is 3.00. The van der Waals surface area contributed by atoms with Crippen LogP contribution in [0.1, 0.15) is 25.3 Å². The average Bonchev–Trinajstić information content (AvgIpc) is 3.43. The fourth-order valence-electron chi connectivity index (χ4n) is 3.31. The molecule has 1 aromatic carbocycles. The van der Waals surface area contributed by atoms with E-state index < -0.39 is 17.5 Å². The number of benzene rings is 1. The number of hydrogen-bond acceptors (Lipinski definition) is 4. The van der Waals surface area contributed by atoms with E-state index in [9.17, 15) is 19.2 Å². The first kappa shape index (κ1) is 20.3. The molecular formula is C19H23BrN4O4. The molecule has 1 heterocycles. The smallest absolute Gasteiger partial charge is 0.325 e. The van der Waals surface area contributed by atoms with Gasteiger partial charge in [0, 0.05) is 17.2 Å². The van der Waals surface area contributed by atoms with Crippen molar-refractivity contribution in [1.82, 2.24) is 15.1 Å². The van der Waals surface area contributed by atoms with E-state index in [0.717, 1.165) is 27.8 Å². The number of nitrogens with zero attached hydrogens (tertiary/aromatic N) is 2. The molecule has 0 unspecified atom stereocenters. The maximum Gasteiger partial charge on any atom is 0.325 e. The monoisotopic (exact) mass is 450 g/mol. The van der Waals surface area contributed by atoms with Crippen LogP contribution in [0, 0.1) is 12.8 Å². The Morgan fingerprint density at radius 2 is 2.04 bits per heavy atom. The fourth-order valence-corrected chi connectivity index (χ4v) is 3.79. The lowest BCUT2D eigenvalue weighted by Crippen LogP contribution is -2.47. The summed E-state index contributed by atoms with van der Waals surface area (Å²) >= 11 is 3.36. The van der Waals surface area contributed by atoms with Crippen LogP contribution < -0.4 is 10.6 Å². The molecule has 2 N–H and O–H groups in total. The third-order valence-electron chi connectivity index (χ3n) is 5.26. The zero-order valence-electron chi connectivity index (χ0n) is 16.0. The van der Waals surface area contributed by atoms with Gasteiger partial charge in [-0.3, -0.25) is 19.3 Å². The lowest BCUT2D eigenvalue weighted by atomic mass is 9.96. The Kier molecular flexibility index (Phi) is 5.47. The topological polar surface area (TPSA) is 98.8 Å². The van der Waals surface area contributed by atoms with Gasteiger partial charge in [-0.25, -0.2) is 4.79 Å². The molecule has 3 rings (SSSR count). The standard InChI is InChI=1S/C19H23BrN4O4/c1-11-8-13(20)6-7-14(11)21-15(25)9-23(3)16(26)10-24-17(27)19(2,12-4-5-12)22-18(24)28/h6-8,12H,4-5,9-10H2,1-3H3,(H,21,25)(H,22,28)/t19-/m1/s1. The van der Waals surface area contributed by atoms with Crippen LogP contribution in [-0.4, -0.2) is 59.2 Å². The molecule has 1 atom stereocenters. The van der Waals surface area contributed by atoms with Gasteiger partial charge in [-0.2, -0.15) is 0 Å². The number of rotatable bonds is 6. The Bertz CT molecular complexity index is 854. The van der Waals surface area contributed by atoms with Crippen molar-refractivity contribution in [2.75, 3.05) is 25.5 Å². The van der Waals surface area contributed by atoms with Crippen molar-refractivity contribution in [1.29, 1.82) is 0 Å². The van der Waals surface area contributed by atoms with Crippen molar-refractivity contribution in [3.05, 3.63) is 28.2 Å². The number of nitrogens with one attached hydrogen (secondary N) is 2. The van der Waals surface area contributed by atoms with Crippen molar-refractivity contribution in [2.24, 2.45) is 5.92 Å². The number of amides is 5. The number of urea groups is 1. The SMILES string of the molecule is Cc1cc(Br)ccc1NC(=O)CN(C)C(=O)CN1C(=O)N[C@](C)(C2CC2)C1=O. The number of carbonyl (C=O) groups excluding carboxylic acids is 4. The highest BCUT2D eigenvalue weighted by Gasteiger charge is 2.56. The van der Waals surface area contributed by atoms with E-state index in [1.807, 2.05) is 19.1 Å². The van der Waals surface area contributed by atoms with Gasteiger partial charge in [0.25, 0.3) is 5.91 Å². The number of likely N-dealkylation sites (N-methyl/N-ethyl adjacent to an activating group) is 1. The van der Waals surface area contributed by atoms with E-state index in [4.69, 9.17) is 0 Å². The van der Waals surface area contributed by atoms with Crippen molar-refractivity contribution in [3.8, 4) is 0 Å². The molecule has 150 valence electrons. The van der Waals surface area contributed by atoms with Gasteiger partial charge in [0.2, 0.25) is 11.8 Å². The molecular weight excluding hydrogens is 428 g/mol. The highest BCUT2D eigenvalue weighted by Crippen LogP contribution is 2.42. The summed E-state index contributed by atoms with van der Waals surface area (Å²) in [5, 5.41) is 5.46. The van der Waals surface area contributed by atoms with Gasteiger partial charge in [-0.05, 0) is 56.4 Å². The van der Waals surface area contributed by atoms with E-state index in [1.54, 1.807) is 13.0 Å². The Labute approximate surface area is 171 Å². The molecule has 8 nitrogen and oxygen atoms in total. The van der Waals surface area contributed by atoms with Crippen LogP contribution in [-0.2, 0) is 14.4 Å². The third-order valence-corrected chi connectivity index (χ3v) is 5.75.